The molecule has 57 heavy (non-hydrogen) atoms. The summed E-state index contributed by atoms with van der Waals surface area (Å²) in [6.07, 6.45) is 13.1. The van der Waals surface area contributed by atoms with E-state index in [-0.39, 0.29) is 6.04 Å². The predicted octanol–water partition coefficient (Wildman–Crippen LogP) is 13.3. The Morgan fingerprint density at radius 1 is 0.386 bits per heavy atom. The monoisotopic (exact) mass is 728 g/mol. The van der Waals surface area contributed by atoms with Crippen LogP contribution in [0, 0.1) is 0 Å². The van der Waals surface area contributed by atoms with Crippen molar-refractivity contribution in [3.63, 3.8) is 0 Å². The summed E-state index contributed by atoms with van der Waals surface area (Å²) in [5.74, 6) is 0.294. The van der Waals surface area contributed by atoms with Crippen LogP contribution in [0.5, 0.6) is 0 Å². The fourth-order valence-electron chi connectivity index (χ4n) is 9.58. The maximum Gasteiger partial charge on any atom is 0.0629 e. The molecule has 12 rings (SSSR count). The van der Waals surface area contributed by atoms with E-state index in [0.29, 0.717) is 5.92 Å². The highest BCUT2D eigenvalue weighted by atomic mass is 15.2. The van der Waals surface area contributed by atoms with E-state index < -0.39 is 0 Å². The van der Waals surface area contributed by atoms with Crippen LogP contribution in [0.25, 0.3) is 77.2 Å². The van der Waals surface area contributed by atoms with E-state index in [2.05, 4.69) is 208 Å². The molecule has 0 fully saturated rings. The summed E-state index contributed by atoms with van der Waals surface area (Å²) in [4.78, 5) is 7.40. The van der Waals surface area contributed by atoms with Crippen molar-refractivity contribution in [2.24, 2.45) is 0 Å². The molecule has 4 nitrogen and oxygen atoms in total. The molecular formula is C53H36N4. The molecule has 268 valence electrons. The average Bonchev–Trinajstić information content (AvgIpc) is 3.92. The van der Waals surface area contributed by atoms with E-state index in [4.69, 9.17) is 4.98 Å². The number of anilines is 2. The van der Waals surface area contributed by atoms with Gasteiger partial charge < -0.3 is 14.0 Å². The molecule has 3 aromatic heterocycles. The van der Waals surface area contributed by atoms with E-state index in [1.165, 1.54) is 54.9 Å². The van der Waals surface area contributed by atoms with Crippen LogP contribution >= 0.6 is 0 Å². The van der Waals surface area contributed by atoms with Gasteiger partial charge in [0.2, 0.25) is 0 Å². The summed E-state index contributed by atoms with van der Waals surface area (Å²) < 4.78 is 4.79. The summed E-state index contributed by atoms with van der Waals surface area (Å²) >= 11 is 0. The van der Waals surface area contributed by atoms with E-state index in [9.17, 15) is 0 Å². The lowest BCUT2D eigenvalue weighted by atomic mass is 9.91. The molecule has 10 aromatic rings. The van der Waals surface area contributed by atoms with Gasteiger partial charge in [-0.05, 0) is 83.4 Å². The molecule has 0 spiro atoms. The number of benzene rings is 7. The molecule has 0 N–H and O–H groups in total. The Morgan fingerprint density at radius 3 is 1.53 bits per heavy atom. The summed E-state index contributed by atoms with van der Waals surface area (Å²) in [5, 5.41) is 5.03. The first kappa shape index (κ1) is 31.9. The first-order chi connectivity index (χ1) is 28.3. The second kappa shape index (κ2) is 12.6. The highest BCUT2D eigenvalue weighted by molar-refractivity contribution is 6.10. The standard InChI is InChI=1S/C53H36N4/c1-7-19-48-42(13-1)43-14-2-8-20-49(43)55(48)39-27-25-35(26-28-39)37-29-38(34-54-33-37)36-30-40(56-50-21-9-3-15-44(50)45-16-4-10-22-51(45)56)32-41(31-36)57-52-23-11-5-17-46(52)47-18-6-12-24-53(47)57/h1-34,44,50H. The molecule has 4 heteroatoms. The van der Waals surface area contributed by atoms with Gasteiger partial charge in [-0.3, -0.25) is 4.98 Å². The summed E-state index contributed by atoms with van der Waals surface area (Å²) in [6.45, 7) is 0. The number of rotatable bonds is 5. The zero-order valence-electron chi connectivity index (χ0n) is 31.1. The fourth-order valence-corrected chi connectivity index (χ4v) is 9.58. The van der Waals surface area contributed by atoms with Crippen molar-refractivity contribution in [1.82, 2.24) is 14.1 Å². The van der Waals surface area contributed by atoms with Crippen molar-refractivity contribution in [1.29, 1.82) is 0 Å². The molecule has 1 aliphatic heterocycles. The zero-order valence-corrected chi connectivity index (χ0v) is 31.1. The second-order valence-electron chi connectivity index (χ2n) is 15.2. The van der Waals surface area contributed by atoms with Gasteiger partial charge in [-0.2, -0.15) is 0 Å². The smallest absolute Gasteiger partial charge is 0.0629 e. The molecule has 2 atom stereocenters. The molecule has 7 aromatic carbocycles. The lowest BCUT2D eigenvalue weighted by Gasteiger charge is -2.30. The molecule has 2 aliphatic rings. The third-order valence-electron chi connectivity index (χ3n) is 12.1. The lowest BCUT2D eigenvalue weighted by Crippen LogP contribution is -2.28. The summed E-state index contributed by atoms with van der Waals surface area (Å²) in [6, 6.07) is 62.2. The van der Waals surface area contributed by atoms with Gasteiger partial charge in [0.25, 0.3) is 0 Å². The van der Waals surface area contributed by atoms with Crippen LogP contribution in [-0.2, 0) is 0 Å². The van der Waals surface area contributed by atoms with Crippen molar-refractivity contribution in [3.8, 4) is 33.6 Å². The first-order valence-corrected chi connectivity index (χ1v) is 19.7. The van der Waals surface area contributed by atoms with Crippen LogP contribution in [0.3, 0.4) is 0 Å². The number of allylic oxidation sites excluding steroid dienone is 2. The molecule has 0 radical (unpaired) electrons. The maximum absolute atomic E-state index is 4.87. The number of hydrogen-bond acceptors (Lipinski definition) is 2. The van der Waals surface area contributed by atoms with Crippen LogP contribution in [-0.4, -0.2) is 20.2 Å². The van der Waals surface area contributed by atoms with Crippen LogP contribution in [0.4, 0.5) is 11.4 Å². The van der Waals surface area contributed by atoms with Gasteiger partial charge >= 0.3 is 0 Å². The Balaban J connectivity index is 1.01. The number of pyridine rings is 1. The molecule has 0 amide bonds. The number of aromatic nitrogens is 3. The Morgan fingerprint density at radius 2 is 0.895 bits per heavy atom. The van der Waals surface area contributed by atoms with Gasteiger partial charge in [-0.25, -0.2) is 0 Å². The van der Waals surface area contributed by atoms with Crippen molar-refractivity contribution in [3.05, 3.63) is 212 Å². The van der Waals surface area contributed by atoms with Crippen molar-refractivity contribution < 1.29 is 0 Å². The first-order valence-electron chi connectivity index (χ1n) is 19.7. The third kappa shape index (κ3) is 4.90. The van der Waals surface area contributed by atoms with E-state index in [1.54, 1.807) is 0 Å². The largest absolute Gasteiger partial charge is 0.333 e. The molecule has 0 saturated heterocycles. The minimum atomic E-state index is 0.186. The summed E-state index contributed by atoms with van der Waals surface area (Å²) in [7, 11) is 0. The average molecular weight is 729 g/mol. The third-order valence-corrected chi connectivity index (χ3v) is 12.1. The van der Waals surface area contributed by atoms with Gasteiger partial charge in [0.05, 0.1) is 28.1 Å². The van der Waals surface area contributed by atoms with Crippen LogP contribution in [0.15, 0.2) is 207 Å². The van der Waals surface area contributed by atoms with Crippen molar-refractivity contribution in [2.75, 3.05) is 4.90 Å². The lowest BCUT2D eigenvalue weighted by molar-refractivity contribution is 0.744. The SMILES string of the molecule is C1=CC2c3ccccc3N(c3cc(-c4cncc(-c5ccc(-n6c7ccccc7c7ccccc76)cc5)c4)cc(-n4c5ccccc5c5ccccc54)c3)C2C=C1. The fraction of sp³-hybridized carbons (Fsp3) is 0.0377. The van der Waals surface area contributed by atoms with Gasteiger partial charge in [-0.15, -0.1) is 0 Å². The zero-order chi connectivity index (χ0) is 37.5. The molecular weight excluding hydrogens is 693 g/mol. The Bertz CT molecular complexity index is 3160. The Kier molecular flexibility index (Phi) is 7.02. The van der Waals surface area contributed by atoms with Gasteiger partial charge in [0.1, 0.15) is 0 Å². The van der Waals surface area contributed by atoms with Crippen LogP contribution < -0.4 is 4.90 Å². The van der Waals surface area contributed by atoms with Crippen molar-refractivity contribution >= 4 is 55.0 Å². The van der Waals surface area contributed by atoms with Crippen molar-refractivity contribution in [2.45, 2.75) is 12.0 Å². The van der Waals surface area contributed by atoms with E-state index in [1.807, 2.05) is 12.4 Å². The topological polar surface area (TPSA) is 26.0 Å². The predicted molar refractivity (Wildman–Crippen MR) is 237 cm³/mol. The summed E-state index contributed by atoms with van der Waals surface area (Å²) in [5.41, 5.74) is 15.2. The minimum absolute atomic E-state index is 0.186. The Labute approximate surface area is 330 Å². The number of hydrogen-bond donors (Lipinski definition) is 0. The Hall–Kier alpha value is -7.43. The van der Waals surface area contributed by atoms with Gasteiger partial charge in [0, 0.05) is 73.7 Å². The normalized spacial score (nSPS) is 15.9. The highest BCUT2D eigenvalue weighted by Crippen LogP contribution is 2.49. The minimum Gasteiger partial charge on any atom is -0.333 e. The van der Waals surface area contributed by atoms with Crippen LogP contribution in [0.1, 0.15) is 11.5 Å². The van der Waals surface area contributed by atoms with Crippen LogP contribution in [0.2, 0.25) is 0 Å². The van der Waals surface area contributed by atoms with Gasteiger partial charge in [0.15, 0.2) is 0 Å². The van der Waals surface area contributed by atoms with Gasteiger partial charge in [-0.1, -0.05) is 127 Å². The van der Waals surface area contributed by atoms with E-state index in [0.717, 1.165) is 39.3 Å². The molecule has 4 heterocycles. The second-order valence-corrected chi connectivity index (χ2v) is 15.2. The molecule has 0 saturated carbocycles. The quantitative estimate of drug-likeness (QED) is 0.176. The number of para-hydroxylation sites is 5. The molecule has 1 aliphatic carbocycles. The maximum atomic E-state index is 4.87. The van der Waals surface area contributed by atoms with E-state index >= 15 is 0 Å². The molecule has 2 unspecified atom stereocenters. The molecule has 0 bridgehead atoms. The number of fused-ring (bicyclic) bond motifs is 9. The highest BCUT2D eigenvalue weighted by Gasteiger charge is 2.37. The number of nitrogens with zero attached hydrogens (tertiary/aromatic N) is 4.